The number of ether oxygens (including phenoxy) is 1. The molecular weight excluding hydrogens is 310 g/mol. The van der Waals surface area contributed by atoms with Crippen molar-refractivity contribution in [1.82, 2.24) is 9.62 Å². The van der Waals surface area contributed by atoms with Crippen molar-refractivity contribution in [3.8, 4) is 0 Å². The van der Waals surface area contributed by atoms with E-state index in [0.717, 1.165) is 0 Å². The molecule has 0 aromatic heterocycles. The normalized spacial score (nSPS) is 17.4. The Morgan fingerprint density at radius 1 is 1.32 bits per heavy atom. The molecule has 9 heteroatoms. The summed E-state index contributed by atoms with van der Waals surface area (Å²) in [5.74, 6) is -0.148. The van der Waals surface area contributed by atoms with Crippen molar-refractivity contribution in [2.24, 2.45) is 0 Å². The number of hydrogen-bond acceptors (Lipinski definition) is 5. The number of nitrogens with zero attached hydrogens (tertiary/aromatic N) is 1. The lowest BCUT2D eigenvalue weighted by molar-refractivity contribution is -0.115. The number of fused-ring (bicyclic) bond motifs is 1. The molecule has 0 bridgehead atoms. The molecule has 2 aliphatic rings. The lowest BCUT2D eigenvalue weighted by Gasteiger charge is -2.13. The lowest BCUT2D eigenvalue weighted by atomic mass is 10.2. The number of hydrogen-bond donors (Lipinski definition) is 2. The lowest BCUT2D eigenvalue weighted by Crippen LogP contribution is -2.35. The number of carbonyl (C=O) groups excluding carboxylic acids is 2. The fourth-order valence-electron chi connectivity index (χ4n) is 2.40. The minimum atomic E-state index is -3.68. The monoisotopic (exact) mass is 325 g/mol. The highest BCUT2D eigenvalue weighted by molar-refractivity contribution is 7.89. The number of benzene rings is 1. The number of carbonyl (C=O) groups is 2. The van der Waals surface area contributed by atoms with Crippen LogP contribution in [-0.2, 0) is 26.0 Å². The predicted octanol–water partition coefficient (Wildman–Crippen LogP) is -0.0883. The van der Waals surface area contributed by atoms with E-state index in [0.29, 0.717) is 24.4 Å². The summed E-state index contributed by atoms with van der Waals surface area (Å²) in [6.45, 7) is 1.15. The molecule has 2 N–H and O–H groups in total. The minimum Gasteiger partial charge on any atom is -0.448 e. The Bertz CT molecular complexity index is 731. The largest absolute Gasteiger partial charge is 0.448 e. The van der Waals surface area contributed by atoms with Gasteiger partial charge >= 0.3 is 6.09 Å². The molecule has 1 aromatic rings. The molecule has 0 atom stereocenters. The minimum absolute atomic E-state index is 0.103. The molecule has 0 unspecified atom stereocenters. The van der Waals surface area contributed by atoms with Crippen LogP contribution in [0.2, 0.25) is 0 Å². The smallest absolute Gasteiger partial charge is 0.409 e. The fourth-order valence-corrected chi connectivity index (χ4v) is 3.47. The predicted molar refractivity (Wildman–Crippen MR) is 76.9 cm³/mol. The molecule has 8 nitrogen and oxygen atoms in total. The van der Waals surface area contributed by atoms with Crippen LogP contribution in [0.4, 0.5) is 10.5 Å². The summed E-state index contributed by atoms with van der Waals surface area (Å²) < 4.78 is 31.6. The number of sulfonamides is 1. The molecule has 118 valence electrons. The van der Waals surface area contributed by atoms with E-state index in [4.69, 9.17) is 4.74 Å². The number of cyclic esters (lactones) is 1. The van der Waals surface area contributed by atoms with Crippen molar-refractivity contribution in [2.45, 2.75) is 11.3 Å². The van der Waals surface area contributed by atoms with Crippen molar-refractivity contribution in [3.63, 3.8) is 0 Å². The van der Waals surface area contributed by atoms with E-state index in [1.54, 1.807) is 6.07 Å². The molecular formula is C13H15N3O5S. The van der Waals surface area contributed by atoms with Crippen molar-refractivity contribution < 1.29 is 22.7 Å². The fraction of sp³-hybridized carbons (Fsp3) is 0.385. The van der Waals surface area contributed by atoms with Crippen LogP contribution in [-0.4, -0.2) is 51.6 Å². The average molecular weight is 325 g/mol. The molecule has 2 aliphatic heterocycles. The summed E-state index contributed by atoms with van der Waals surface area (Å²) in [4.78, 5) is 24.1. The molecule has 0 aliphatic carbocycles. The van der Waals surface area contributed by atoms with E-state index < -0.39 is 16.1 Å². The van der Waals surface area contributed by atoms with Gasteiger partial charge in [0.25, 0.3) is 0 Å². The van der Waals surface area contributed by atoms with Gasteiger partial charge in [0.15, 0.2) is 0 Å². The Hall–Kier alpha value is -2.13. The Labute approximate surface area is 127 Å². The summed E-state index contributed by atoms with van der Waals surface area (Å²) in [7, 11) is -3.68. The molecule has 2 heterocycles. The maximum Gasteiger partial charge on any atom is 0.409 e. The van der Waals surface area contributed by atoms with Gasteiger partial charge in [0.2, 0.25) is 15.9 Å². The van der Waals surface area contributed by atoms with Gasteiger partial charge in [-0.15, -0.1) is 0 Å². The van der Waals surface area contributed by atoms with Crippen molar-refractivity contribution >= 4 is 27.7 Å². The maximum atomic E-state index is 12.2. The second-order valence-corrected chi connectivity index (χ2v) is 6.81. The zero-order chi connectivity index (χ0) is 15.7. The second-order valence-electron chi connectivity index (χ2n) is 5.04. The molecule has 0 radical (unpaired) electrons. The van der Waals surface area contributed by atoms with Gasteiger partial charge in [-0.3, -0.25) is 4.79 Å². The molecule has 2 amide bonds. The van der Waals surface area contributed by atoms with Crippen molar-refractivity contribution in [1.29, 1.82) is 0 Å². The molecule has 1 aromatic carbocycles. The number of amides is 2. The van der Waals surface area contributed by atoms with Gasteiger partial charge < -0.3 is 15.0 Å². The van der Waals surface area contributed by atoms with Crippen LogP contribution in [0.1, 0.15) is 5.56 Å². The summed E-state index contributed by atoms with van der Waals surface area (Å²) >= 11 is 0. The van der Waals surface area contributed by atoms with Crippen LogP contribution in [0.3, 0.4) is 0 Å². The van der Waals surface area contributed by atoms with Gasteiger partial charge in [-0.2, -0.15) is 0 Å². The summed E-state index contributed by atoms with van der Waals surface area (Å²) in [5.41, 5.74) is 1.31. The molecule has 1 saturated heterocycles. The first-order chi connectivity index (χ1) is 10.5. The van der Waals surface area contributed by atoms with Crippen LogP contribution in [0.25, 0.3) is 0 Å². The Balaban J connectivity index is 1.64. The molecule has 3 rings (SSSR count). The van der Waals surface area contributed by atoms with E-state index in [-0.39, 0.29) is 30.3 Å². The van der Waals surface area contributed by atoms with Crippen LogP contribution >= 0.6 is 0 Å². The van der Waals surface area contributed by atoms with Crippen LogP contribution in [0.5, 0.6) is 0 Å². The van der Waals surface area contributed by atoms with E-state index in [9.17, 15) is 18.0 Å². The number of nitrogens with one attached hydrogen (secondary N) is 2. The molecule has 0 spiro atoms. The summed E-state index contributed by atoms with van der Waals surface area (Å²) in [5, 5.41) is 2.65. The number of rotatable bonds is 5. The van der Waals surface area contributed by atoms with Crippen molar-refractivity contribution in [2.75, 3.05) is 31.6 Å². The first kappa shape index (κ1) is 14.8. The zero-order valence-corrected chi connectivity index (χ0v) is 12.5. The summed E-state index contributed by atoms with van der Waals surface area (Å²) in [6.07, 6.45) is -0.250. The first-order valence-electron chi connectivity index (χ1n) is 6.80. The highest BCUT2D eigenvalue weighted by atomic mass is 32.2. The second kappa shape index (κ2) is 5.58. The van der Waals surface area contributed by atoms with Gasteiger partial charge in [0, 0.05) is 18.8 Å². The van der Waals surface area contributed by atoms with E-state index >= 15 is 0 Å². The number of anilines is 1. The highest BCUT2D eigenvalue weighted by Gasteiger charge is 2.24. The van der Waals surface area contributed by atoms with Gasteiger partial charge in [-0.05, 0) is 23.8 Å². The Kier molecular flexibility index (Phi) is 3.75. The standard InChI is InChI=1S/C13H15N3O5S/c17-12-8-9-7-10(1-2-11(9)15-12)22(19,20)14-3-4-16-5-6-21-13(16)18/h1-2,7,14H,3-6,8H2,(H,15,17). The third-order valence-corrected chi connectivity index (χ3v) is 4.99. The highest BCUT2D eigenvalue weighted by Crippen LogP contribution is 2.25. The van der Waals surface area contributed by atoms with Gasteiger partial charge in [-0.25, -0.2) is 17.9 Å². The van der Waals surface area contributed by atoms with E-state index in [1.807, 2.05) is 0 Å². The van der Waals surface area contributed by atoms with E-state index in [1.165, 1.54) is 17.0 Å². The van der Waals surface area contributed by atoms with Gasteiger partial charge in [-0.1, -0.05) is 0 Å². The Morgan fingerprint density at radius 3 is 2.86 bits per heavy atom. The molecule has 22 heavy (non-hydrogen) atoms. The van der Waals surface area contributed by atoms with Gasteiger partial charge in [0.1, 0.15) is 6.61 Å². The first-order valence-corrected chi connectivity index (χ1v) is 8.28. The topological polar surface area (TPSA) is 105 Å². The van der Waals surface area contributed by atoms with E-state index in [2.05, 4.69) is 10.0 Å². The summed E-state index contributed by atoms with van der Waals surface area (Å²) in [6, 6.07) is 4.50. The maximum absolute atomic E-state index is 12.2. The molecule has 0 saturated carbocycles. The van der Waals surface area contributed by atoms with Crippen LogP contribution < -0.4 is 10.0 Å². The van der Waals surface area contributed by atoms with Crippen LogP contribution in [0, 0.1) is 0 Å². The molecule has 1 fully saturated rings. The Morgan fingerprint density at radius 2 is 2.14 bits per heavy atom. The average Bonchev–Trinajstić information content (AvgIpc) is 3.02. The van der Waals surface area contributed by atoms with Crippen LogP contribution in [0.15, 0.2) is 23.1 Å². The van der Waals surface area contributed by atoms with Crippen molar-refractivity contribution in [3.05, 3.63) is 23.8 Å². The quantitative estimate of drug-likeness (QED) is 0.787. The SMILES string of the molecule is O=C1Cc2cc(S(=O)(=O)NCCN3CCOC3=O)ccc2N1. The van der Waals surface area contributed by atoms with Gasteiger partial charge in [0.05, 0.1) is 17.9 Å². The zero-order valence-electron chi connectivity index (χ0n) is 11.7. The third-order valence-electron chi connectivity index (χ3n) is 3.53. The third kappa shape index (κ3) is 2.90.